The standard InChI is InChI=1S/C15H19N5/c1-5-19(6-2)15-14(10-16)17-20(18-15)13-8-11(3)7-12(4)9-13/h7-9H,5-6H2,1-4H3. The van der Waals surface area contributed by atoms with Gasteiger partial charge < -0.3 is 4.90 Å². The molecule has 0 amide bonds. The van der Waals surface area contributed by atoms with E-state index >= 15 is 0 Å². The van der Waals surface area contributed by atoms with Crippen LogP contribution < -0.4 is 4.90 Å². The highest BCUT2D eigenvalue weighted by Gasteiger charge is 2.16. The van der Waals surface area contributed by atoms with Gasteiger partial charge in [-0.05, 0) is 51.0 Å². The van der Waals surface area contributed by atoms with Gasteiger partial charge in [-0.1, -0.05) is 6.07 Å². The lowest BCUT2D eigenvalue weighted by Crippen LogP contribution is -2.23. The third-order valence-corrected chi connectivity index (χ3v) is 3.20. The van der Waals surface area contributed by atoms with Crippen LogP contribution >= 0.6 is 0 Å². The van der Waals surface area contributed by atoms with Crippen molar-refractivity contribution in [3.63, 3.8) is 0 Å². The number of anilines is 1. The van der Waals surface area contributed by atoms with Crippen molar-refractivity contribution in [1.82, 2.24) is 15.0 Å². The molecule has 1 aromatic carbocycles. The second-order valence-corrected chi connectivity index (χ2v) is 4.79. The monoisotopic (exact) mass is 269 g/mol. The van der Waals surface area contributed by atoms with Gasteiger partial charge in [-0.25, -0.2) is 0 Å². The fourth-order valence-corrected chi connectivity index (χ4v) is 2.29. The first-order valence-corrected chi connectivity index (χ1v) is 6.80. The van der Waals surface area contributed by atoms with Gasteiger partial charge in [-0.2, -0.15) is 5.26 Å². The largest absolute Gasteiger partial charge is 0.353 e. The molecule has 20 heavy (non-hydrogen) atoms. The summed E-state index contributed by atoms with van der Waals surface area (Å²) in [5.41, 5.74) is 3.56. The predicted molar refractivity (Wildman–Crippen MR) is 79.1 cm³/mol. The summed E-state index contributed by atoms with van der Waals surface area (Å²) in [6.45, 7) is 9.77. The zero-order valence-corrected chi connectivity index (χ0v) is 12.4. The number of nitrogens with zero attached hydrogens (tertiary/aromatic N) is 5. The third-order valence-electron chi connectivity index (χ3n) is 3.20. The van der Waals surface area contributed by atoms with E-state index in [2.05, 4.69) is 22.3 Å². The lowest BCUT2D eigenvalue weighted by molar-refractivity contribution is 0.736. The lowest BCUT2D eigenvalue weighted by atomic mass is 10.1. The molecule has 0 bridgehead atoms. The summed E-state index contributed by atoms with van der Waals surface area (Å²) in [6, 6.07) is 8.26. The molecule has 2 aromatic rings. The molecule has 0 unspecified atom stereocenters. The molecule has 0 radical (unpaired) electrons. The minimum atomic E-state index is 0.368. The topological polar surface area (TPSA) is 57.7 Å². The minimum Gasteiger partial charge on any atom is -0.353 e. The van der Waals surface area contributed by atoms with Crippen molar-refractivity contribution in [2.45, 2.75) is 27.7 Å². The Morgan fingerprint density at radius 3 is 2.20 bits per heavy atom. The Morgan fingerprint density at radius 2 is 1.70 bits per heavy atom. The predicted octanol–water partition coefficient (Wildman–Crippen LogP) is 2.60. The molecule has 104 valence electrons. The first kappa shape index (κ1) is 14.1. The van der Waals surface area contributed by atoms with Crippen LogP contribution in [-0.4, -0.2) is 28.1 Å². The molecule has 5 nitrogen and oxygen atoms in total. The second-order valence-electron chi connectivity index (χ2n) is 4.79. The summed E-state index contributed by atoms with van der Waals surface area (Å²) < 4.78 is 0. The van der Waals surface area contributed by atoms with Crippen molar-refractivity contribution in [3.8, 4) is 11.8 Å². The Balaban J connectivity index is 2.51. The summed E-state index contributed by atoms with van der Waals surface area (Å²) in [7, 11) is 0. The number of benzene rings is 1. The van der Waals surface area contributed by atoms with Gasteiger partial charge in [-0.15, -0.1) is 15.0 Å². The molecule has 0 fully saturated rings. The molecule has 0 aliphatic carbocycles. The van der Waals surface area contributed by atoms with E-state index in [-0.39, 0.29) is 0 Å². The van der Waals surface area contributed by atoms with Crippen LogP contribution in [0.1, 0.15) is 30.7 Å². The van der Waals surface area contributed by atoms with Crippen LogP contribution in [0.25, 0.3) is 5.69 Å². The van der Waals surface area contributed by atoms with E-state index in [9.17, 15) is 5.26 Å². The van der Waals surface area contributed by atoms with E-state index in [0.29, 0.717) is 11.5 Å². The Hall–Kier alpha value is -2.35. The zero-order valence-electron chi connectivity index (χ0n) is 12.4. The minimum absolute atomic E-state index is 0.368. The number of nitriles is 1. The van der Waals surface area contributed by atoms with Crippen molar-refractivity contribution < 1.29 is 0 Å². The number of hydrogen-bond donors (Lipinski definition) is 0. The molecule has 1 heterocycles. The van der Waals surface area contributed by atoms with Crippen molar-refractivity contribution in [3.05, 3.63) is 35.0 Å². The van der Waals surface area contributed by atoms with Crippen LogP contribution in [0.2, 0.25) is 0 Å². The van der Waals surface area contributed by atoms with Crippen molar-refractivity contribution in [2.24, 2.45) is 0 Å². The first-order chi connectivity index (χ1) is 9.58. The van der Waals surface area contributed by atoms with E-state index in [1.165, 1.54) is 0 Å². The Kier molecular flexibility index (Phi) is 4.04. The van der Waals surface area contributed by atoms with Crippen LogP contribution in [0.15, 0.2) is 18.2 Å². The highest BCUT2D eigenvalue weighted by molar-refractivity contribution is 5.50. The highest BCUT2D eigenvalue weighted by Crippen LogP contribution is 2.18. The van der Waals surface area contributed by atoms with Gasteiger partial charge in [-0.3, -0.25) is 0 Å². The molecule has 0 aliphatic heterocycles. The molecule has 0 atom stereocenters. The molecule has 0 saturated carbocycles. The number of aromatic nitrogens is 3. The lowest BCUT2D eigenvalue weighted by Gasteiger charge is -2.16. The van der Waals surface area contributed by atoms with Gasteiger partial charge in [0.2, 0.25) is 5.69 Å². The maximum atomic E-state index is 9.24. The highest BCUT2D eigenvalue weighted by atomic mass is 15.5. The average molecular weight is 269 g/mol. The van der Waals surface area contributed by atoms with E-state index in [4.69, 9.17) is 0 Å². The molecule has 0 saturated heterocycles. The van der Waals surface area contributed by atoms with Crippen LogP contribution in [0.3, 0.4) is 0 Å². The molecule has 0 spiro atoms. The SMILES string of the molecule is CCN(CC)c1nn(-c2cc(C)cc(C)c2)nc1C#N. The summed E-state index contributed by atoms with van der Waals surface area (Å²) in [5.74, 6) is 0.650. The molecule has 5 heteroatoms. The molecular weight excluding hydrogens is 250 g/mol. The van der Waals surface area contributed by atoms with Gasteiger partial charge >= 0.3 is 0 Å². The maximum absolute atomic E-state index is 9.24. The van der Waals surface area contributed by atoms with E-state index in [1.54, 1.807) is 4.80 Å². The summed E-state index contributed by atoms with van der Waals surface area (Å²) in [6.07, 6.45) is 0. The first-order valence-electron chi connectivity index (χ1n) is 6.80. The van der Waals surface area contributed by atoms with Crippen molar-refractivity contribution >= 4 is 5.82 Å². The third kappa shape index (κ3) is 2.64. The van der Waals surface area contributed by atoms with E-state index in [1.807, 2.05) is 44.7 Å². The normalized spacial score (nSPS) is 10.3. The number of aryl methyl sites for hydroxylation is 2. The van der Waals surface area contributed by atoms with Gasteiger partial charge in [0, 0.05) is 13.1 Å². The van der Waals surface area contributed by atoms with Crippen LogP contribution in [0.5, 0.6) is 0 Å². The average Bonchev–Trinajstić information content (AvgIpc) is 2.83. The number of hydrogen-bond acceptors (Lipinski definition) is 4. The molecular formula is C15H19N5. The van der Waals surface area contributed by atoms with Crippen LogP contribution in [0, 0.1) is 25.2 Å². The smallest absolute Gasteiger partial charge is 0.207 e. The fourth-order valence-electron chi connectivity index (χ4n) is 2.29. The van der Waals surface area contributed by atoms with Gasteiger partial charge in [0.25, 0.3) is 0 Å². The van der Waals surface area contributed by atoms with Gasteiger partial charge in [0.15, 0.2) is 5.82 Å². The Bertz CT molecular complexity index is 627. The fraction of sp³-hybridized carbons (Fsp3) is 0.400. The maximum Gasteiger partial charge on any atom is 0.207 e. The molecule has 0 aliphatic rings. The van der Waals surface area contributed by atoms with Crippen LogP contribution in [-0.2, 0) is 0 Å². The molecule has 2 rings (SSSR count). The number of rotatable bonds is 4. The van der Waals surface area contributed by atoms with E-state index < -0.39 is 0 Å². The van der Waals surface area contributed by atoms with Gasteiger partial charge in [0.1, 0.15) is 6.07 Å². The van der Waals surface area contributed by atoms with E-state index in [0.717, 1.165) is 29.9 Å². The zero-order chi connectivity index (χ0) is 14.7. The Morgan fingerprint density at radius 1 is 1.10 bits per heavy atom. The summed E-state index contributed by atoms with van der Waals surface area (Å²) in [5, 5.41) is 18.0. The van der Waals surface area contributed by atoms with Crippen LogP contribution in [0.4, 0.5) is 5.82 Å². The van der Waals surface area contributed by atoms with Crippen molar-refractivity contribution in [2.75, 3.05) is 18.0 Å². The summed E-state index contributed by atoms with van der Waals surface area (Å²) in [4.78, 5) is 3.58. The quantitative estimate of drug-likeness (QED) is 0.856. The second kappa shape index (κ2) is 5.74. The van der Waals surface area contributed by atoms with Crippen molar-refractivity contribution in [1.29, 1.82) is 5.26 Å². The molecule has 0 N–H and O–H groups in total. The summed E-state index contributed by atoms with van der Waals surface area (Å²) >= 11 is 0. The molecule has 1 aromatic heterocycles. The van der Waals surface area contributed by atoms with Gasteiger partial charge in [0.05, 0.1) is 5.69 Å². The Labute approximate surface area is 119 Å².